The van der Waals surface area contributed by atoms with Gasteiger partial charge in [-0.2, -0.15) is 0 Å². The van der Waals surface area contributed by atoms with Gasteiger partial charge < -0.3 is 24.2 Å². The largest absolute Gasteiger partial charge is 0.469 e. The first-order valence-electron chi connectivity index (χ1n) is 11.0. The summed E-state index contributed by atoms with van der Waals surface area (Å²) in [6.07, 6.45) is 0.813. The number of hydrogen-bond donors (Lipinski definition) is 1. The molecule has 1 aromatic carbocycles. The molecular weight excluding hydrogens is 430 g/mol. The normalized spacial score (nSPS) is 17.1. The van der Waals surface area contributed by atoms with E-state index < -0.39 is 29.4 Å². The number of aliphatic hydroxyl groups is 1. The van der Waals surface area contributed by atoms with Crippen molar-refractivity contribution in [2.24, 2.45) is 11.8 Å². The zero-order valence-corrected chi connectivity index (χ0v) is 19.8. The van der Waals surface area contributed by atoms with Gasteiger partial charge in [-0.1, -0.05) is 26.0 Å². The molecule has 1 fully saturated rings. The Morgan fingerprint density at radius 3 is 2.09 bits per heavy atom. The molecular formula is C24H33NO8. The second-order valence-electron chi connectivity index (χ2n) is 8.64. The van der Waals surface area contributed by atoms with Crippen molar-refractivity contribution in [3.63, 3.8) is 0 Å². The van der Waals surface area contributed by atoms with Crippen molar-refractivity contribution in [3.8, 4) is 0 Å². The molecule has 0 aromatic heterocycles. The van der Waals surface area contributed by atoms with Gasteiger partial charge in [0.05, 0.1) is 20.1 Å². The molecule has 0 spiro atoms. The van der Waals surface area contributed by atoms with E-state index >= 15 is 0 Å². The molecule has 0 aliphatic carbocycles. The number of piperidine rings is 1. The van der Waals surface area contributed by atoms with Crippen molar-refractivity contribution in [2.45, 2.75) is 51.7 Å². The summed E-state index contributed by atoms with van der Waals surface area (Å²) >= 11 is 0. The van der Waals surface area contributed by atoms with Gasteiger partial charge in [0.25, 0.3) is 5.91 Å². The number of amides is 1. The van der Waals surface area contributed by atoms with Crippen LogP contribution in [-0.4, -0.2) is 72.8 Å². The van der Waals surface area contributed by atoms with Crippen LogP contribution in [0.25, 0.3) is 0 Å². The molecule has 9 heteroatoms. The number of ether oxygens (including phenoxy) is 3. The van der Waals surface area contributed by atoms with Gasteiger partial charge in [0.1, 0.15) is 6.10 Å². The Hall–Kier alpha value is -2.94. The molecule has 2 atom stereocenters. The summed E-state index contributed by atoms with van der Waals surface area (Å²) in [6, 6.07) is 6.52. The second kappa shape index (κ2) is 11.3. The van der Waals surface area contributed by atoms with E-state index in [-0.39, 0.29) is 24.4 Å². The molecule has 0 radical (unpaired) electrons. The lowest BCUT2D eigenvalue weighted by Gasteiger charge is -2.34. The van der Waals surface area contributed by atoms with Crippen LogP contribution in [0.15, 0.2) is 24.3 Å². The van der Waals surface area contributed by atoms with E-state index in [1.54, 1.807) is 43.0 Å². The Bertz CT molecular complexity index is 858. The Balaban J connectivity index is 2.15. The summed E-state index contributed by atoms with van der Waals surface area (Å²) in [7, 11) is 2.35. The number of likely N-dealkylation sites (tertiary alicyclic amines) is 1. The zero-order chi connectivity index (χ0) is 24.8. The molecule has 1 aromatic rings. The SMILES string of the molecule is COC(=O)C(C(C)C)C(O)(Cc1ccc(C(=O)N2CCC(OC(C)=O)CC2)cc1)C(=O)OC. The summed E-state index contributed by atoms with van der Waals surface area (Å²) in [4.78, 5) is 50.5. The molecule has 182 valence electrons. The van der Waals surface area contributed by atoms with Gasteiger partial charge in [-0.05, 0) is 23.6 Å². The van der Waals surface area contributed by atoms with Gasteiger partial charge in [0.2, 0.25) is 0 Å². The monoisotopic (exact) mass is 463 g/mol. The summed E-state index contributed by atoms with van der Waals surface area (Å²) in [5, 5.41) is 11.2. The number of benzene rings is 1. The van der Waals surface area contributed by atoms with Crippen LogP contribution < -0.4 is 0 Å². The van der Waals surface area contributed by atoms with E-state index in [4.69, 9.17) is 14.2 Å². The number of hydrogen-bond acceptors (Lipinski definition) is 8. The first-order chi connectivity index (χ1) is 15.5. The lowest BCUT2D eigenvalue weighted by atomic mass is 9.76. The summed E-state index contributed by atoms with van der Waals surface area (Å²) in [5.41, 5.74) is -1.11. The smallest absolute Gasteiger partial charge is 0.339 e. The molecule has 1 saturated heterocycles. The maximum absolute atomic E-state index is 12.8. The predicted octanol–water partition coefficient (Wildman–Crippen LogP) is 1.75. The Labute approximate surface area is 194 Å². The highest BCUT2D eigenvalue weighted by molar-refractivity contribution is 5.94. The molecule has 1 aliphatic heterocycles. The highest BCUT2D eigenvalue weighted by Crippen LogP contribution is 2.31. The third-order valence-corrected chi connectivity index (χ3v) is 5.91. The topological polar surface area (TPSA) is 119 Å². The number of nitrogens with zero attached hydrogens (tertiary/aromatic N) is 1. The van der Waals surface area contributed by atoms with Crippen LogP contribution in [0.5, 0.6) is 0 Å². The molecule has 1 N–H and O–H groups in total. The van der Waals surface area contributed by atoms with E-state index in [0.29, 0.717) is 37.1 Å². The van der Waals surface area contributed by atoms with Crippen molar-refractivity contribution >= 4 is 23.8 Å². The van der Waals surface area contributed by atoms with E-state index in [1.165, 1.54) is 14.0 Å². The van der Waals surface area contributed by atoms with E-state index in [2.05, 4.69) is 0 Å². The number of carbonyl (C=O) groups is 4. The Morgan fingerprint density at radius 2 is 1.64 bits per heavy atom. The van der Waals surface area contributed by atoms with Gasteiger partial charge in [-0.25, -0.2) is 4.79 Å². The van der Waals surface area contributed by atoms with Gasteiger partial charge in [-0.15, -0.1) is 0 Å². The van der Waals surface area contributed by atoms with Crippen molar-refractivity contribution in [2.75, 3.05) is 27.3 Å². The summed E-state index contributed by atoms with van der Waals surface area (Å²) in [6.45, 7) is 5.75. The number of esters is 3. The standard InChI is InChI=1S/C24H33NO8/c1-15(2)20(22(28)31-4)24(30,23(29)32-5)14-17-6-8-18(9-7-17)21(27)25-12-10-19(11-13-25)33-16(3)26/h6-9,15,19-20,30H,10-14H2,1-5H3. The van der Waals surface area contributed by atoms with Crippen LogP contribution in [-0.2, 0) is 35.0 Å². The maximum Gasteiger partial charge on any atom is 0.339 e. The van der Waals surface area contributed by atoms with Crippen LogP contribution in [0.1, 0.15) is 49.5 Å². The van der Waals surface area contributed by atoms with Crippen LogP contribution >= 0.6 is 0 Å². The van der Waals surface area contributed by atoms with Crippen molar-refractivity contribution in [1.82, 2.24) is 4.90 Å². The number of carbonyl (C=O) groups excluding carboxylic acids is 4. The molecule has 33 heavy (non-hydrogen) atoms. The van der Waals surface area contributed by atoms with E-state index in [9.17, 15) is 24.3 Å². The van der Waals surface area contributed by atoms with Crippen LogP contribution in [0.3, 0.4) is 0 Å². The number of rotatable bonds is 8. The van der Waals surface area contributed by atoms with E-state index in [1.807, 2.05) is 0 Å². The fourth-order valence-corrected chi connectivity index (χ4v) is 4.30. The Kier molecular flexibility index (Phi) is 8.99. The van der Waals surface area contributed by atoms with Gasteiger partial charge in [0, 0.05) is 44.8 Å². The fourth-order valence-electron chi connectivity index (χ4n) is 4.30. The molecule has 1 aliphatic rings. The minimum absolute atomic E-state index is 0.152. The fraction of sp³-hybridized carbons (Fsp3) is 0.583. The van der Waals surface area contributed by atoms with Crippen molar-refractivity contribution in [1.29, 1.82) is 0 Å². The summed E-state index contributed by atoms with van der Waals surface area (Å²) < 4.78 is 14.8. The van der Waals surface area contributed by atoms with Crippen LogP contribution in [0.4, 0.5) is 0 Å². The molecule has 1 heterocycles. The highest BCUT2D eigenvalue weighted by Gasteiger charge is 2.51. The molecule has 2 rings (SSSR count). The maximum atomic E-state index is 12.8. The molecule has 9 nitrogen and oxygen atoms in total. The Morgan fingerprint density at radius 1 is 1.06 bits per heavy atom. The quantitative estimate of drug-likeness (QED) is 0.457. The first kappa shape index (κ1) is 26.3. The average molecular weight is 464 g/mol. The molecule has 0 saturated carbocycles. The van der Waals surface area contributed by atoms with Crippen molar-refractivity contribution in [3.05, 3.63) is 35.4 Å². The zero-order valence-electron chi connectivity index (χ0n) is 19.8. The minimum Gasteiger partial charge on any atom is -0.469 e. The van der Waals surface area contributed by atoms with E-state index in [0.717, 1.165) is 7.11 Å². The van der Waals surface area contributed by atoms with Gasteiger partial charge >= 0.3 is 17.9 Å². The van der Waals surface area contributed by atoms with Gasteiger partial charge in [-0.3, -0.25) is 14.4 Å². The second-order valence-corrected chi connectivity index (χ2v) is 8.64. The van der Waals surface area contributed by atoms with Gasteiger partial charge in [0.15, 0.2) is 5.60 Å². The molecule has 0 bridgehead atoms. The minimum atomic E-state index is -2.12. The molecule has 2 unspecified atom stereocenters. The lowest BCUT2D eigenvalue weighted by molar-refractivity contribution is -0.181. The highest BCUT2D eigenvalue weighted by atomic mass is 16.5. The number of methoxy groups -OCH3 is 2. The third kappa shape index (κ3) is 6.31. The lowest BCUT2D eigenvalue weighted by Crippen LogP contribution is -2.54. The molecule has 1 amide bonds. The average Bonchev–Trinajstić information content (AvgIpc) is 2.78. The van der Waals surface area contributed by atoms with Crippen molar-refractivity contribution < 1.29 is 38.5 Å². The predicted molar refractivity (Wildman–Crippen MR) is 118 cm³/mol. The van der Waals surface area contributed by atoms with Crippen LogP contribution in [0.2, 0.25) is 0 Å². The first-order valence-corrected chi connectivity index (χ1v) is 11.0. The van der Waals surface area contributed by atoms with Crippen LogP contribution in [0, 0.1) is 11.8 Å². The summed E-state index contributed by atoms with van der Waals surface area (Å²) in [5.74, 6) is -3.63. The third-order valence-electron chi connectivity index (χ3n) is 5.91.